The van der Waals surface area contributed by atoms with Gasteiger partial charge in [-0.3, -0.25) is 0 Å². The van der Waals surface area contributed by atoms with Crippen molar-refractivity contribution in [3.05, 3.63) is 230 Å². The van der Waals surface area contributed by atoms with E-state index in [-0.39, 0.29) is 0 Å². The van der Waals surface area contributed by atoms with Crippen molar-refractivity contribution in [2.45, 2.75) is 0 Å². The van der Waals surface area contributed by atoms with Crippen molar-refractivity contribution in [2.24, 2.45) is 0 Å². The third-order valence-corrected chi connectivity index (χ3v) is 9.29. The van der Waals surface area contributed by atoms with Crippen LogP contribution < -0.4 is 27.1 Å². The first-order valence-corrected chi connectivity index (χ1v) is 16.5. The summed E-state index contributed by atoms with van der Waals surface area (Å²) in [5.41, 5.74) is 19.7. The van der Waals surface area contributed by atoms with Crippen molar-refractivity contribution in [1.82, 2.24) is 19.9 Å². The molecule has 0 saturated heterocycles. The Morgan fingerprint density at radius 1 is 0.265 bits per heavy atom. The first-order valence-electron chi connectivity index (χ1n) is 16.5. The van der Waals surface area contributed by atoms with E-state index in [4.69, 9.17) is 5.73 Å². The van der Waals surface area contributed by atoms with Gasteiger partial charge < -0.3 is 25.7 Å². The van der Waals surface area contributed by atoms with Crippen LogP contribution >= 0.6 is 0 Å². The Balaban J connectivity index is 1.44. The van der Waals surface area contributed by atoms with E-state index >= 15 is 0 Å². The van der Waals surface area contributed by atoms with Gasteiger partial charge in [-0.05, 0) is 82.9 Å². The van der Waals surface area contributed by atoms with Gasteiger partial charge in [0.2, 0.25) is 0 Å². The summed E-state index contributed by atoms with van der Waals surface area (Å²) >= 11 is 0. The van der Waals surface area contributed by atoms with Gasteiger partial charge in [0.05, 0.1) is 0 Å². The standard InChI is InChI=1S/C44H33N5/c45-32-18-16-31(17-19-32)44-39-26-24-37(48-39)42(29-12-6-2-7-13-29)35-22-20-33(46-35)41(28-10-4-1-5-11-28)34-21-23-36(47-34)43(30-14-8-3-9-15-30)38-25-27-40(44)49-38/h1-27,46-49H,45H2. The molecule has 0 amide bonds. The number of fused-ring (bicyclic) bond motifs is 8. The van der Waals surface area contributed by atoms with Gasteiger partial charge in [-0.1, -0.05) is 103 Å². The zero-order chi connectivity index (χ0) is 32.7. The summed E-state index contributed by atoms with van der Waals surface area (Å²) in [7, 11) is 0. The van der Waals surface area contributed by atoms with Crippen LogP contribution in [0.15, 0.2) is 164 Å². The number of nitrogen functional groups attached to an aromatic ring is 1. The molecule has 5 heteroatoms. The van der Waals surface area contributed by atoms with Crippen LogP contribution in [0.4, 0.5) is 5.69 Å². The molecule has 0 spiro atoms. The van der Waals surface area contributed by atoms with Gasteiger partial charge in [0.25, 0.3) is 0 Å². The third-order valence-electron chi connectivity index (χ3n) is 9.29. The fourth-order valence-electron chi connectivity index (χ4n) is 7.04. The van der Waals surface area contributed by atoms with Crippen molar-refractivity contribution in [3.63, 3.8) is 0 Å². The van der Waals surface area contributed by atoms with Gasteiger partial charge in [-0.25, -0.2) is 0 Å². The topological polar surface area (TPSA) is 89.2 Å². The van der Waals surface area contributed by atoms with Crippen LogP contribution in [0.1, 0.15) is 45.0 Å². The highest BCUT2D eigenvalue weighted by Gasteiger charge is 2.18. The van der Waals surface area contributed by atoms with Crippen molar-refractivity contribution in [2.75, 3.05) is 5.73 Å². The number of hydrogen-bond donors (Lipinski definition) is 5. The minimum Gasteiger partial charge on any atom is -0.399 e. The van der Waals surface area contributed by atoms with Crippen LogP contribution in [-0.2, 0) is 0 Å². The number of nitrogens with one attached hydrogen (secondary N) is 4. The Labute approximate surface area is 283 Å². The van der Waals surface area contributed by atoms with Crippen LogP contribution in [-0.4, -0.2) is 19.9 Å². The molecule has 6 N–H and O–H groups in total. The van der Waals surface area contributed by atoms with Crippen LogP contribution in [0.2, 0.25) is 0 Å². The average Bonchev–Trinajstić information content (AvgIpc) is 3.98. The molecule has 4 aromatic carbocycles. The molecule has 1 aliphatic rings. The number of anilines is 1. The number of benzene rings is 4. The van der Waals surface area contributed by atoms with Crippen LogP contribution in [0.3, 0.4) is 0 Å². The van der Waals surface area contributed by atoms with E-state index in [2.05, 4.69) is 172 Å². The molecule has 0 aliphatic carbocycles. The minimum absolute atomic E-state index is 0.730. The molecule has 1 aliphatic heterocycles. The summed E-state index contributed by atoms with van der Waals surface area (Å²) in [5.74, 6) is 0. The van der Waals surface area contributed by atoms with Gasteiger partial charge in [-0.15, -0.1) is 0 Å². The number of H-pyrrole nitrogens is 4. The Bertz CT molecular complexity index is 2690. The minimum atomic E-state index is 0.730. The van der Waals surface area contributed by atoms with Gasteiger partial charge in [0.1, 0.15) is 0 Å². The molecule has 0 saturated carbocycles. The SMILES string of the molecule is Nc1ccc(C2=c3ccc([nH]3)=C(c3ccccc3)c3ccc([nH]3)C(c3ccccc3)=c3ccc([nH]3)=C(c3ccccc3)c3ccc2[nH]3)cc1. The number of rotatable bonds is 4. The highest BCUT2D eigenvalue weighted by atomic mass is 14.8. The largest absolute Gasteiger partial charge is 0.399 e. The molecule has 4 aromatic heterocycles. The maximum atomic E-state index is 6.15. The molecule has 9 rings (SSSR count). The first kappa shape index (κ1) is 28.5. The molecule has 5 nitrogen and oxygen atoms in total. The highest BCUT2D eigenvalue weighted by Crippen LogP contribution is 2.28. The van der Waals surface area contributed by atoms with Crippen LogP contribution in [0, 0.1) is 0 Å². The van der Waals surface area contributed by atoms with Gasteiger partial charge in [-0.2, -0.15) is 0 Å². The van der Waals surface area contributed by atoms with E-state index < -0.39 is 0 Å². The fourth-order valence-corrected chi connectivity index (χ4v) is 7.04. The molecule has 0 radical (unpaired) electrons. The van der Waals surface area contributed by atoms with Crippen molar-refractivity contribution < 1.29 is 0 Å². The zero-order valence-electron chi connectivity index (χ0n) is 26.7. The number of hydrogen-bond acceptors (Lipinski definition) is 1. The third kappa shape index (κ3) is 5.14. The van der Waals surface area contributed by atoms with Crippen LogP contribution in [0.25, 0.3) is 22.3 Å². The summed E-state index contributed by atoms with van der Waals surface area (Å²) in [6, 6.07) is 57.2. The number of aromatic amines is 4. The molecule has 5 heterocycles. The summed E-state index contributed by atoms with van der Waals surface area (Å²) in [6.45, 7) is 0. The quantitative estimate of drug-likeness (QED) is 0.154. The molecule has 0 fully saturated rings. The maximum Gasteiger partial charge on any atom is 0.0485 e. The summed E-state index contributed by atoms with van der Waals surface area (Å²) < 4.78 is 0. The van der Waals surface area contributed by atoms with E-state index in [1.54, 1.807) is 0 Å². The Hall–Kier alpha value is -6.72. The summed E-state index contributed by atoms with van der Waals surface area (Å²) in [5, 5.41) is 4.07. The van der Waals surface area contributed by atoms with Crippen molar-refractivity contribution in [1.29, 1.82) is 0 Å². The second-order valence-electron chi connectivity index (χ2n) is 12.4. The van der Waals surface area contributed by atoms with E-state index in [9.17, 15) is 0 Å². The number of nitrogens with two attached hydrogens (primary N) is 1. The monoisotopic (exact) mass is 631 g/mol. The van der Waals surface area contributed by atoms with E-state index in [0.717, 1.165) is 94.4 Å². The summed E-state index contributed by atoms with van der Waals surface area (Å²) in [6.07, 6.45) is 0. The lowest BCUT2D eigenvalue weighted by Crippen LogP contribution is -2.19. The molecule has 49 heavy (non-hydrogen) atoms. The second-order valence-corrected chi connectivity index (χ2v) is 12.4. The molecule has 0 unspecified atom stereocenters. The fraction of sp³-hybridized carbons (Fsp3) is 0. The molecule has 8 bridgehead atoms. The Morgan fingerprint density at radius 2 is 0.551 bits per heavy atom. The molecular formula is C44H33N5. The lowest BCUT2D eigenvalue weighted by molar-refractivity contribution is 1.19. The molecule has 0 atom stereocenters. The van der Waals surface area contributed by atoms with Gasteiger partial charge in [0, 0.05) is 72.2 Å². The van der Waals surface area contributed by atoms with E-state index in [0.29, 0.717) is 0 Å². The normalized spacial score (nSPS) is 12.8. The van der Waals surface area contributed by atoms with Gasteiger partial charge in [0.15, 0.2) is 0 Å². The Morgan fingerprint density at radius 3 is 0.857 bits per heavy atom. The average molecular weight is 632 g/mol. The lowest BCUT2D eigenvalue weighted by Gasteiger charge is -2.10. The van der Waals surface area contributed by atoms with Crippen LogP contribution in [0.5, 0.6) is 0 Å². The van der Waals surface area contributed by atoms with E-state index in [1.807, 2.05) is 12.1 Å². The van der Waals surface area contributed by atoms with Crippen molar-refractivity contribution >= 4 is 28.0 Å². The molecule has 8 aromatic rings. The van der Waals surface area contributed by atoms with Gasteiger partial charge >= 0.3 is 0 Å². The molecular weight excluding hydrogens is 599 g/mol. The second kappa shape index (κ2) is 11.8. The highest BCUT2D eigenvalue weighted by molar-refractivity contribution is 5.84. The summed E-state index contributed by atoms with van der Waals surface area (Å²) in [4.78, 5) is 15.3. The zero-order valence-corrected chi connectivity index (χ0v) is 26.7. The molecule has 234 valence electrons. The lowest BCUT2D eigenvalue weighted by atomic mass is 10.0. The Kier molecular flexibility index (Phi) is 6.87. The predicted molar refractivity (Wildman–Crippen MR) is 198 cm³/mol. The van der Waals surface area contributed by atoms with E-state index in [1.165, 1.54) is 0 Å². The van der Waals surface area contributed by atoms with Crippen molar-refractivity contribution in [3.8, 4) is 0 Å². The maximum absolute atomic E-state index is 6.15. The first-order chi connectivity index (χ1) is 24.2. The predicted octanol–water partition coefficient (Wildman–Crippen LogP) is 5.88. The number of aromatic nitrogens is 4. The smallest absolute Gasteiger partial charge is 0.0485 e.